The summed E-state index contributed by atoms with van der Waals surface area (Å²) in [5.41, 5.74) is 1.72. The van der Waals surface area contributed by atoms with Crippen LogP contribution in [0.4, 0.5) is 5.69 Å². The van der Waals surface area contributed by atoms with E-state index in [9.17, 15) is 4.79 Å². The Balaban J connectivity index is 1.55. The number of anilines is 1. The largest absolute Gasteiger partial charge is 0.382 e. The fourth-order valence-corrected chi connectivity index (χ4v) is 3.13. The molecule has 23 heavy (non-hydrogen) atoms. The lowest BCUT2D eigenvalue weighted by Gasteiger charge is -2.33. The SMILES string of the molecule is O=C(c1ccc(Cl)cc1)N1CCC(Nc2cccc(Cl)c2)CC1. The Morgan fingerprint density at radius 2 is 1.70 bits per heavy atom. The van der Waals surface area contributed by atoms with Crippen LogP contribution in [0.15, 0.2) is 48.5 Å². The van der Waals surface area contributed by atoms with Crippen molar-refractivity contribution in [3.8, 4) is 0 Å². The van der Waals surface area contributed by atoms with Gasteiger partial charge in [-0.05, 0) is 55.3 Å². The zero-order chi connectivity index (χ0) is 16.2. The quantitative estimate of drug-likeness (QED) is 0.870. The number of carbonyl (C=O) groups excluding carboxylic acids is 1. The summed E-state index contributed by atoms with van der Waals surface area (Å²) in [5.74, 6) is 0.0721. The van der Waals surface area contributed by atoms with Gasteiger partial charge in [-0.1, -0.05) is 29.3 Å². The number of amides is 1. The van der Waals surface area contributed by atoms with Gasteiger partial charge in [0.05, 0.1) is 0 Å². The first-order valence-corrected chi connectivity index (χ1v) is 8.44. The van der Waals surface area contributed by atoms with Gasteiger partial charge in [-0.15, -0.1) is 0 Å². The molecule has 1 amide bonds. The van der Waals surface area contributed by atoms with Crippen molar-refractivity contribution in [2.24, 2.45) is 0 Å². The molecule has 1 aliphatic rings. The van der Waals surface area contributed by atoms with E-state index >= 15 is 0 Å². The first-order chi connectivity index (χ1) is 11.1. The van der Waals surface area contributed by atoms with Crippen LogP contribution >= 0.6 is 23.2 Å². The molecule has 1 heterocycles. The van der Waals surface area contributed by atoms with Crippen LogP contribution in [-0.4, -0.2) is 29.9 Å². The molecule has 1 N–H and O–H groups in total. The van der Waals surface area contributed by atoms with E-state index < -0.39 is 0 Å². The van der Waals surface area contributed by atoms with Crippen LogP contribution in [0.5, 0.6) is 0 Å². The Kier molecular flexibility index (Phi) is 5.09. The number of likely N-dealkylation sites (tertiary alicyclic amines) is 1. The Morgan fingerprint density at radius 1 is 1.00 bits per heavy atom. The number of hydrogen-bond acceptors (Lipinski definition) is 2. The van der Waals surface area contributed by atoms with Crippen molar-refractivity contribution >= 4 is 34.8 Å². The average molecular weight is 349 g/mol. The Morgan fingerprint density at radius 3 is 2.35 bits per heavy atom. The summed E-state index contributed by atoms with van der Waals surface area (Å²) in [4.78, 5) is 14.4. The molecular formula is C18H18Cl2N2O. The summed E-state index contributed by atoms with van der Waals surface area (Å²) in [5, 5.41) is 4.86. The normalized spacial score (nSPS) is 15.5. The van der Waals surface area contributed by atoms with Crippen LogP contribution in [0.1, 0.15) is 23.2 Å². The summed E-state index contributed by atoms with van der Waals surface area (Å²) in [6.07, 6.45) is 1.84. The molecule has 120 valence electrons. The van der Waals surface area contributed by atoms with Crippen molar-refractivity contribution in [3.63, 3.8) is 0 Å². The molecule has 0 aliphatic carbocycles. The van der Waals surface area contributed by atoms with E-state index in [-0.39, 0.29) is 5.91 Å². The second-order valence-corrected chi connectivity index (χ2v) is 6.60. The van der Waals surface area contributed by atoms with E-state index in [0.29, 0.717) is 16.6 Å². The fraction of sp³-hybridized carbons (Fsp3) is 0.278. The average Bonchev–Trinajstić information content (AvgIpc) is 2.56. The number of nitrogens with one attached hydrogen (secondary N) is 1. The van der Waals surface area contributed by atoms with Crippen molar-refractivity contribution in [2.45, 2.75) is 18.9 Å². The van der Waals surface area contributed by atoms with Gasteiger partial charge in [0.25, 0.3) is 5.91 Å². The second-order valence-electron chi connectivity index (χ2n) is 5.73. The molecule has 0 radical (unpaired) electrons. The molecule has 0 atom stereocenters. The number of benzene rings is 2. The maximum atomic E-state index is 12.5. The molecule has 3 nitrogen and oxygen atoms in total. The molecule has 3 rings (SSSR count). The van der Waals surface area contributed by atoms with Crippen molar-refractivity contribution in [3.05, 3.63) is 64.1 Å². The van der Waals surface area contributed by atoms with E-state index in [4.69, 9.17) is 23.2 Å². The van der Waals surface area contributed by atoms with Crippen molar-refractivity contribution < 1.29 is 4.79 Å². The zero-order valence-electron chi connectivity index (χ0n) is 12.6. The lowest BCUT2D eigenvalue weighted by Crippen LogP contribution is -2.42. The summed E-state index contributed by atoms with van der Waals surface area (Å²) < 4.78 is 0. The van der Waals surface area contributed by atoms with Crippen LogP contribution in [0.3, 0.4) is 0 Å². The molecule has 0 unspecified atom stereocenters. The van der Waals surface area contributed by atoms with Crippen LogP contribution < -0.4 is 5.32 Å². The number of halogens is 2. The van der Waals surface area contributed by atoms with Crippen LogP contribution in [0.2, 0.25) is 10.0 Å². The Labute approximate surface area is 146 Å². The first kappa shape index (κ1) is 16.2. The predicted octanol–water partition coefficient (Wildman–Crippen LogP) is 4.71. The Bertz CT molecular complexity index is 680. The van der Waals surface area contributed by atoms with E-state index in [1.54, 1.807) is 24.3 Å². The molecular weight excluding hydrogens is 331 g/mol. The van der Waals surface area contributed by atoms with E-state index in [1.807, 2.05) is 29.2 Å². The maximum Gasteiger partial charge on any atom is 0.253 e. The maximum absolute atomic E-state index is 12.5. The minimum absolute atomic E-state index is 0.0721. The molecule has 2 aromatic rings. The van der Waals surface area contributed by atoms with E-state index in [2.05, 4.69) is 5.32 Å². The Hall–Kier alpha value is -1.71. The molecule has 0 spiro atoms. The third-order valence-electron chi connectivity index (χ3n) is 4.07. The lowest BCUT2D eigenvalue weighted by atomic mass is 10.0. The molecule has 1 fully saturated rings. The predicted molar refractivity (Wildman–Crippen MR) is 95.5 cm³/mol. The van der Waals surface area contributed by atoms with Gasteiger partial charge in [0.15, 0.2) is 0 Å². The molecule has 0 saturated carbocycles. The number of rotatable bonds is 3. The van der Waals surface area contributed by atoms with Gasteiger partial charge in [-0.2, -0.15) is 0 Å². The monoisotopic (exact) mass is 348 g/mol. The highest BCUT2D eigenvalue weighted by molar-refractivity contribution is 6.31. The summed E-state index contributed by atoms with van der Waals surface area (Å²) in [6, 6.07) is 15.2. The van der Waals surface area contributed by atoms with E-state index in [0.717, 1.165) is 36.6 Å². The first-order valence-electron chi connectivity index (χ1n) is 7.69. The van der Waals surface area contributed by atoms with Crippen LogP contribution in [0, 0.1) is 0 Å². The highest BCUT2D eigenvalue weighted by Gasteiger charge is 2.23. The summed E-state index contributed by atoms with van der Waals surface area (Å²) >= 11 is 11.9. The molecule has 1 aliphatic heterocycles. The summed E-state index contributed by atoms with van der Waals surface area (Å²) in [7, 11) is 0. The van der Waals surface area contributed by atoms with Crippen molar-refractivity contribution in [2.75, 3.05) is 18.4 Å². The standard InChI is InChI=1S/C18H18Cl2N2O/c19-14-6-4-13(5-7-14)18(23)22-10-8-16(9-11-22)21-17-3-1-2-15(20)12-17/h1-7,12,16,21H,8-11H2. The van der Waals surface area contributed by atoms with Gasteiger partial charge in [0.2, 0.25) is 0 Å². The number of hydrogen-bond donors (Lipinski definition) is 1. The second kappa shape index (κ2) is 7.24. The van der Waals surface area contributed by atoms with Crippen LogP contribution in [-0.2, 0) is 0 Å². The molecule has 2 aromatic carbocycles. The smallest absolute Gasteiger partial charge is 0.253 e. The number of nitrogens with zero attached hydrogens (tertiary/aromatic N) is 1. The van der Waals surface area contributed by atoms with Gasteiger partial charge in [0.1, 0.15) is 0 Å². The van der Waals surface area contributed by atoms with E-state index in [1.165, 1.54) is 0 Å². The third-order valence-corrected chi connectivity index (χ3v) is 4.56. The topological polar surface area (TPSA) is 32.3 Å². The van der Waals surface area contributed by atoms with Gasteiger partial charge in [-0.25, -0.2) is 0 Å². The van der Waals surface area contributed by atoms with Crippen LogP contribution in [0.25, 0.3) is 0 Å². The highest BCUT2D eigenvalue weighted by atomic mass is 35.5. The van der Waals surface area contributed by atoms with Gasteiger partial charge >= 0.3 is 0 Å². The molecule has 1 saturated heterocycles. The van der Waals surface area contributed by atoms with Gasteiger partial charge in [-0.3, -0.25) is 4.79 Å². The number of carbonyl (C=O) groups is 1. The molecule has 5 heteroatoms. The lowest BCUT2D eigenvalue weighted by molar-refractivity contribution is 0.0718. The molecule has 0 aromatic heterocycles. The minimum atomic E-state index is 0.0721. The minimum Gasteiger partial charge on any atom is -0.382 e. The summed E-state index contributed by atoms with van der Waals surface area (Å²) in [6.45, 7) is 1.50. The number of piperidine rings is 1. The van der Waals surface area contributed by atoms with Gasteiger partial charge < -0.3 is 10.2 Å². The highest BCUT2D eigenvalue weighted by Crippen LogP contribution is 2.21. The zero-order valence-corrected chi connectivity index (χ0v) is 14.1. The van der Waals surface area contributed by atoms with Crippen molar-refractivity contribution in [1.29, 1.82) is 0 Å². The molecule has 0 bridgehead atoms. The van der Waals surface area contributed by atoms with Crippen molar-refractivity contribution in [1.82, 2.24) is 4.90 Å². The third kappa shape index (κ3) is 4.18. The fourth-order valence-electron chi connectivity index (χ4n) is 2.82. The van der Waals surface area contributed by atoms with Gasteiger partial charge in [0, 0.05) is 40.4 Å².